The van der Waals surface area contributed by atoms with Crippen LogP contribution in [0.3, 0.4) is 0 Å². The number of hydrogen-bond acceptors (Lipinski definition) is 1. The lowest BCUT2D eigenvalue weighted by atomic mass is 10.2. The fourth-order valence-electron chi connectivity index (χ4n) is 1.42. The molecule has 0 aliphatic rings. The first-order valence-corrected chi connectivity index (χ1v) is 4.03. The number of para-hydroxylation sites is 1. The van der Waals surface area contributed by atoms with Crippen molar-refractivity contribution >= 4 is 16.9 Å². The first kappa shape index (κ1) is 8.81. The van der Waals surface area contributed by atoms with E-state index in [1.54, 1.807) is 10.8 Å². The Balaban J connectivity index is 0.000000531. The lowest BCUT2D eigenvalue weighted by Gasteiger charge is -1.99. The van der Waals surface area contributed by atoms with Crippen molar-refractivity contribution in [2.24, 2.45) is 0 Å². The van der Waals surface area contributed by atoms with E-state index in [1.807, 2.05) is 30.3 Å². The summed E-state index contributed by atoms with van der Waals surface area (Å²) >= 11 is 0. The van der Waals surface area contributed by atoms with Crippen LogP contribution in [0.25, 0.3) is 10.9 Å². The summed E-state index contributed by atoms with van der Waals surface area (Å²) in [4.78, 5) is 10.5. The normalized spacial score (nSPS) is 10.2. The highest BCUT2D eigenvalue weighted by atomic mass is 16.4. The van der Waals surface area contributed by atoms with Gasteiger partial charge < -0.3 is 9.67 Å². The number of benzene rings is 1. The van der Waals surface area contributed by atoms with E-state index in [4.69, 9.17) is 6.48 Å². The minimum atomic E-state index is -0.818. The Morgan fingerprint density at radius 1 is 1.43 bits per heavy atom. The van der Waals surface area contributed by atoms with Crippen LogP contribution in [-0.4, -0.2) is 15.6 Å². The molecule has 0 aliphatic heterocycles. The van der Waals surface area contributed by atoms with Gasteiger partial charge in [0.15, 0.2) is 0 Å². The number of rotatable bonds is 2. The third-order valence-electron chi connectivity index (χ3n) is 1.99. The van der Waals surface area contributed by atoms with E-state index in [0.717, 1.165) is 10.9 Å². The lowest BCUT2D eigenvalue weighted by molar-refractivity contribution is -0.137. The molecular weight excluding hydrogens is 178 g/mol. The third kappa shape index (κ3) is 1.76. The molecule has 1 aromatic heterocycles. The maximum Gasteiger partial charge on any atom is 0.323 e. The Morgan fingerprint density at radius 2 is 2.14 bits per heavy atom. The molecule has 0 aliphatic carbocycles. The monoisotopic (exact) mass is 192 g/mol. The molecule has 1 heterocycles. The smallest absolute Gasteiger partial charge is 0.323 e. The van der Waals surface area contributed by atoms with Gasteiger partial charge in [-0.2, -0.15) is 0 Å². The average Bonchev–Trinajstić information content (AvgIpc) is 2.64. The molecule has 0 unspecified atom stereocenters. The zero-order valence-electron chi connectivity index (χ0n) is 8.97. The maximum atomic E-state index is 10.5. The van der Waals surface area contributed by atoms with Gasteiger partial charge in [0.25, 0.3) is 0 Å². The molecule has 0 radical (unpaired) electrons. The number of aromatic nitrogens is 1. The highest BCUT2D eigenvalue weighted by Crippen LogP contribution is 2.14. The van der Waals surface area contributed by atoms with Crippen molar-refractivity contribution in [1.29, 1.82) is 0 Å². The second-order valence-electron chi connectivity index (χ2n) is 2.90. The zero-order chi connectivity index (χ0) is 11.3. The average molecular weight is 192 g/mol. The summed E-state index contributed by atoms with van der Waals surface area (Å²) < 4.78 is 7.47. The van der Waals surface area contributed by atoms with Crippen LogP contribution < -0.4 is 0 Å². The van der Waals surface area contributed by atoms with Crippen LogP contribution >= 0.6 is 0 Å². The van der Waals surface area contributed by atoms with Crippen LogP contribution in [0.15, 0.2) is 36.5 Å². The predicted molar refractivity (Wildman–Crippen MR) is 56.3 cm³/mol. The Hall–Kier alpha value is -1.77. The van der Waals surface area contributed by atoms with Gasteiger partial charge in [0.1, 0.15) is 6.54 Å². The Labute approximate surface area is 84.0 Å². The van der Waals surface area contributed by atoms with Gasteiger partial charge >= 0.3 is 5.97 Å². The number of carboxylic acids is 1. The molecular formula is C11H13NO2. The van der Waals surface area contributed by atoms with E-state index in [0.29, 0.717) is 0 Å². The van der Waals surface area contributed by atoms with Crippen molar-refractivity contribution in [2.75, 3.05) is 0 Å². The third-order valence-corrected chi connectivity index (χ3v) is 1.99. The van der Waals surface area contributed by atoms with Crippen molar-refractivity contribution in [3.05, 3.63) is 36.5 Å². The summed E-state index contributed by atoms with van der Waals surface area (Å²) in [6, 6.07) is 9.64. The molecule has 0 fully saturated rings. The predicted octanol–water partition coefficient (Wildman–Crippen LogP) is 2.36. The van der Waals surface area contributed by atoms with Crippen molar-refractivity contribution < 1.29 is 11.3 Å². The van der Waals surface area contributed by atoms with Crippen LogP contribution in [-0.2, 0) is 11.3 Å². The Morgan fingerprint density at radius 3 is 2.86 bits per heavy atom. The van der Waals surface area contributed by atoms with E-state index >= 15 is 0 Å². The topological polar surface area (TPSA) is 42.2 Å². The molecule has 0 atom stereocenters. The molecule has 2 rings (SSSR count). The van der Waals surface area contributed by atoms with Gasteiger partial charge in [0, 0.05) is 13.1 Å². The highest BCUT2D eigenvalue weighted by molar-refractivity contribution is 5.81. The standard InChI is InChI=1S/C10H9NO2.CH4/c12-10(13)7-11-6-5-8-3-1-2-4-9(8)11;/h1-6H,7H2,(H,12,13);1H4/i;1D. The molecule has 1 N–H and O–H groups in total. The quantitative estimate of drug-likeness (QED) is 0.793. The van der Waals surface area contributed by atoms with Crippen LogP contribution in [0.1, 0.15) is 8.77 Å². The van der Waals surface area contributed by atoms with Crippen LogP contribution in [0.4, 0.5) is 0 Å². The van der Waals surface area contributed by atoms with Crippen molar-refractivity contribution in [2.45, 2.75) is 13.9 Å². The largest absolute Gasteiger partial charge is 0.480 e. The molecule has 3 heteroatoms. The fourth-order valence-corrected chi connectivity index (χ4v) is 1.42. The summed E-state index contributed by atoms with van der Waals surface area (Å²) in [5.41, 5.74) is 0.963. The summed E-state index contributed by atoms with van der Waals surface area (Å²) in [7, 11) is 1.25. The summed E-state index contributed by atoms with van der Waals surface area (Å²) in [6.45, 7) is 0.0213. The first-order chi connectivity index (χ1) is 7.27. The van der Waals surface area contributed by atoms with E-state index in [9.17, 15) is 4.79 Å². The van der Waals surface area contributed by atoms with E-state index in [2.05, 4.69) is 0 Å². The maximum absolute atomic E-state index is 10.5. The molecule has 0 saturated heterocycles. The van der Waals surface area contributed by atoms with Gasteiger partial charge in [-0.3, -0.25) is 4.79 Å². The van der Waals surface area contributed by atoms with Gasteiger partial charge in [-0.05, 0) is 17.5 Å². The minimum Gasteiger partial charge on any atom is -0.480 e. The van der Waals surface area contributed by atoms with Gasteiger partial charge in [-0.25, -0.2) is 0 Å². The molecule has 1 aromatic carbocycles. The van der Waals surface area contributed by atoms with Gasteiger partial charge in [0.2, 0.25) is 0 Å². The summed E-state index contributed by atoms with van der Waals surface area (Å²) in [6.07, 6.45) is 1.79. The molecule has 2 aromatic rings. The summed E-state index contributed by atoms with van der Waals surface area (Å²) in [5, 5.41) is 9.70. The molecule has 74 valence electrons. The van der Waals surface area contributed by atoms with E-state index in [-0.39, 0.29) is 6.54 Å². The van der Waals surface area contributed by atoms with E-state index in [1.165, 1.54) is 7.40 Å². The molecule has 0 amide bonds. The molecule has 3 nitrogen and oxygen atoms in total. The van der Waals surface area contributed by atoms with E-state index < -0.39 is 5.97 Å². The first-order valence-electron chi connectivity index (χ1n) is 5.03. The fraction of sp³-hybridized carbons (Fsp3) is 0.182. The van der Waals surface area contributed by atoms with Crippen LogP contribution in [0, 0.1) is 0 Å². The number of nitrogens with zero attached hydrogens (tertiary/aromatic N) is 1. The number of hydrogen-bond donors (Lipinski definition) is 1. The highest BCUT2D eigenvalue weighted by Gasteiger charge is 2.02. The molecule has 14 heavy (non-hydrogen) atoms. The Bertz CT molecular complexity index is 451. The number of carbonyl (C=O) groups is 1. The van der Waals surface area contributed by atoms with Gasteiger partial charge in [-0.1, -0.05) is 25.6 Å². The molecule has 0 spiro atoms. The SMILES string of the molecule is O=C(O)Cn1ccc2ccccc21.[2H]C. The van der Waals surface area contributed by atoms with Gasteiger partial charge in [0.05, 0.1) is 0 Å². The molecule has 0 bridgehead atoms. The Kier molecular flexibility index (Phi) is 2.49. The number of carboxylic acid groups (broad SMARTS) is 1. The van der Waals surface area contributed by atoms with Crippen molar-refractivity contribution in [3.63, 3.8) is 0 Å². The zero-order valence-corrected chi connectivity index (χ0v) is 7.97. The second kappa shape index (κ2) is 3.96. The van der Waals surface area contributed by atoms with Crippen LogP contribution in [0.5, 0.6) is 0 Å². The second-order valence-corrected chi connectivity index (χ2v) is 2.90. The number of fused-ring (bicyclic) bond motifs is 1. The molecule has 0 saturated carbocycles. The van der Waals surface area contributed by atoms with Crippen molar-refractivity contribution in [3.8, 4) is 0 Å². The van der Waals surface area contributed by atoms with Gasteiger partial charge in [-0.15, -0.1) is 0 Å². The van der Waals surface area contributed by atoms with Crippen LogP contribution in [0.2, 0.25) is 0 Å². The number of aliphatic carboxylic acids is 1. The van der Waals surface area contributed by atoms with Crippen molar-refractivity contribution in [1.82, 2.24) is 4.57 Å². The minimum absolute atomic E-state index is 0.0213. The summed E-state index contributed by atoms with van der Waals surface area (Å²) in [5.74, 6) is -0.818. The lowest BCUT2D eigenvalue weighted by Crippen LogP contribution is -2.06.